The van der Waals surface area contributed by atoms with Crippen molar-refractivity contribution in [3.05, 3.63) is 72.1 Å². The van der Waals surface area contributed by atoms with Crippen molar-refractivity contribution in [3.8, 4) is 11.5 Å². The van der Waals surface area contributed by atoms with Gasteiger partial charge >= 0.3 is 0 Å². The molecule has 1 atom stereocenters. The molecule has 1 aromatic carbocycles. The molecule has 1 N–H and O–H groups in total. The summed E-state index contributed by atoms with van der Waals surface area (Å²) in [4.78, 5) is 21.1. The average molecular weight is 352 g/mol. The molecule has 26 heavy (non-hydrogen) atoms. The molecule has 3 rings (SSSR count). The Hall–Kier alpha value is -3.35. The number of benzene rings is 1. The van der Waals surface area contributed by atoms with Crippen LogP contribution in [0.15, 0.2) is 55.1 Å². The number of nitrogens with one attached hydrogen (secondary N) is 1. The first-order valence-corrected chi connectivity index (χ1v) is 8.04. The van der Waals surface area contributed by atoms with Crippen LogP contribution in [0.5, 0.6) is 11.5 Å². The lowest BCUT2D eigenvalue weighted by atomic mass is 10.0. The monoisotopic (exact) mass is 352 g/mol. The van der Waals surface area contributed by atoms with Gasteiger partial charge in [0.2, 0.25) is 0 Å². The van der Waals surface area contributed by atoms with Gasteiger partial charge in [-0.15, -0.1) is 0 Å². The lowest BCUT2D eigenvalue weighted by molar-refractivity contribution is 0.0940. The fourth-order valence-corrected chi connectivity index (χ4v) is 2.70. The zero-order valence-corrected chi connectivity index (χ0v) is 14.8. The van der Waals surface area contributed by atoms with Crippen molar-refractivity contribution < 1.29 is 14.3 Å². The number of rotatable bonds is 6. The van der Waals surface area contributed by atoms with Crippen molar-refractivity contribution in [3.63, 3.8) is 0 Å². The van der Waals surface area contributed by atoms with Crippen LogP contribution >= 0.6 is 0 Å². The van der Waals surface area contributed by atoms with Gasteiger partial charge in [0.1, 0.15) is 11.9 Å². The molecule has 1 amide bonds. The van der Waals surface area contributed by atoms with Crippen LogP contribution < -0.4 is 14.8 Å². The summed E-state index contributed by atoms with van der Waals surface area (Å²) in [6.45, 7) is 0. The molecule has 2 heterocycles. The van der Waals surface area contributed by atoms with Crippen LogP contribution in [-0.4, -0.2) is 34.7 Å². The van der Waals surface area contributed by atoms with Gasteiger partial charge in [0.25, 0.3) is 5.91 Å². The maximum atomic E-state index is 12.7. The number of methoxy groups -OCH3 is 2. The minimum atomic E-state index is -0.456. The Labute approximate surface area is 151 Å². The quantitative estimate of drug-likeness (QED) is 0.737. The van der Waals surface area contributed by atoms with E-state index in [1.165, 1.54) is 6.20 Å². The second-order valence-electron chi connectivity index (χ2n) is 5.66. The van der Waals surface area contributed by atoms with E-state index in [1.807, 2.05) is 29.9 Å². The van der Waals surface area contributed by atoms with Gasteiger partial charge in [0, 0.05) is 31.8 Å². The Morgan fingerprint density at radius 2 is 1.96 bits per heavy atom. The number of pyridine rings is 1. The molecule has 0 aliphatic heterocycles. The number of carbonyl (C=O) groups is 1. The molecule has 7 nitrogen and oxygen atoms in total. The summed E-state index contributed by atoms with van der Waals surface area (Å²) >= 11 is 0. The molecule has 0 aliphatic carbocycles. The molecule has 0 radical (unpaired) electrons. The number of carbonyl (C=O) groups excluding carboxylic acids is 1. The lowest BCUT2D eigenvalue weighted by Gasteiger charge is -2.20. The summed E-state index contributed by atoms with van der Waals surface area (Å²) in [6.07, 6.45) is 6.68. The zero-order valence-electron chi connectivity index (χ0n) is 14.8. The molecule has 7 heteroatoms. The molecular formula is C19H20N4O3. The minimum absolute atomic E-state index is 0.235. The van der Waals surface area contributed by atoms with Crippen LogP contribution in [0.25, 0.3) is 0 Å². The van der Waals surface area contributed by atoms with Crippen molar-refractivity contribution in [2.75, 3.05) is 14.2 Å². The third kappa shape index (κ3) is 3.51. The van der Waals surface area contributed by atoms with E-state index < -0.39 is 6.04 Å². The lowest BCUT2D eigenvalue weighted by Crippen LogP contribution is -2.31. The largest absolute Gasteiger partial charge is 0.493 e. The first kappa shape index (κ1) is 17.5. The number of nitrogens with zero attached hydrogens (tertiary/aromatic N) is 3. The van der Waals surface area contributed by atoms with E-state index in [-0.39, 0.29) is 5.91 Å². The van der Waals surface area contributed by atoms with E-state index in [0.29, 0.717) is 22.9 Å². The number of hydrogen-bond acceptors (Lipinski definition) is 5. The van der Waals surface area contributed by atoms with Crippen molar-refractivity contribution in [1.29, 1.82) is 0 Å². The van der Waals surface area contributed by atoms with Crippen LogP contribution in [0.2, 0.25) is 0 Å². The molecule has 0 spiro atoms. The Morgan fingerprint density at radius 1 is 1.15 bits per heavy atom. The summed E-state index contributed by atoms with van der Waals surface area (Å²) in [7, 11) is 5.04. The highest BCUT2D eigenvalue weighted by Crippen LogP contribution is 2.32. The van der Waals surface area contributed by atoms with Gasteiger partial charge in [-0.2, -0.15) is 0 Å². The number of amides is 1. The molecule has 0 aliphatic rings. The highest BCUT2D eigenvalue weighted by Gasteiger charge is 2.23. The van der Waals surface area contributed by atoms with E-state index in [9.17, 15) is 4.79 Å². The molecular weight excluding hydrogens is 332 g/mol. The van der Waals surface area contributed by atoms with Gasteiger partial charge in [-0.1, -0.05) is 6.07 Å². The summed E-state index contributed by atoms with van der Waals surface area (Å²) in [5.41, 5.74) is 1.31. The van der Waals surface area contributed by atoms with E-state index in [0.717, 1.165) is 5.56 Å². The number of aromatic nitrogens is 3. The number of ether oxygens (including phenoxy) is 2. The summed E-state index contributed by atoms with van der Waals surface area (Å²) in [6, 6.07) is 8.50. The van der Waals surface area contributed by atoms with Gasteiger partial charge < -0.3 is 19.4 Å². The summed E-state index contributed by atoms with van der Waals surface area (Å²) < 4.78 is 12.5. The standard InChI is InChI=1S/C19H20N4O3/c1-23-10-9-21-18(23)17(22-19(24)14-5-4-8-20-12-14)13-6-7-15(25-2)16(11-13)26-3/h4-12,17H,1-3H3,(H,22,24). The van der Waals surface area contributed by atoms with Crippen molar-refractivity contribution in [1.82, 2.24) is 19.9 Å². The Balaban J connectivity index is 1.99. The van der Waals surface area contributed by atoms with Crippen molar-refractivity contribution in [2.45, 2.75) is 6.04 Å². The Bertz CT molecular complexity index is 893. The first-order chi connectivity index (χ1) is 12.6. The molecule has 2 aromatic heterocycles. The third-order valence-electron chi connectivity index (χ3n) is 4.06. The maximum Gasteiger partial charge on any atom is 0.253 e. The van der Waals surface area contributed by atoms with E-state index in [1.54, 1.807) is 44.8 Å². The van der Waals surface area contributed by atoms with E-state index in [4.69, 9.17) is 9.47 Å². The second-order valence-corrected chi connectivity index (χ2v) is 5.66. The van der Waals surface area contributed by atoms with Gasteiger partial charge in [0.05, 0.1) is 19.8 Å². The number of aryl methyl sites for hydroxylation is 1. The van der Waals surface area contributed by atoms with Gasteiger partial charge in [-0.3, -0.25) is 9.78 Å². The first-order valence-electron chi connectivity index (χ1n) is 8.04. The van der Waals surface area contributed by atoms with Gasteiger partial charge in [-0.05, 0) is 29.8 Å². The average Bonchev–Trinajstić information content (AvgIpc) is 3.11. The number of hydrogen-bond donors (Lipinski definition) is 1. The third-order valence-corrected chi connectivity index (χ3v) is 4.06. The van der Waals surface area contributed by atoms with E-state index >= 15 is 0 Å². The molecule has 1 unspecified atom stereocenters. The van der Waals surface area contributed by atoms with Gasteiger partial charge in [0.15, 0.2) is 11.5 Å². The fraction of sp³-hybridized carbons (Fsp3) is 0.211. The number of imidazole rings is 1. The maximum absolute atomic E-state index is 12.7. The van der Waals surface area contributed by atoms with Crippen LogP contribution in [0.4, 0.5) is 0 Å². The van der Waals surface area contributed by atoms with Crippen LogP contribution in [0, 0.1) is 0 Å². The zero-order chi connectivity index (χ0) is 18.5. The van der Waals surface area contributed by atoms with Crippen molar-refractivity contribution in [2.24, 2.45) is 7.05 Å². The summed E-state index contributed by atoms with van der Waals surface area (Å²) in [5, 5.41) is 3.02. The Morgan fingerprint density at radius 3 is 2.58 bits per heavy atom. The van der Waals surface area contributed by atoms with Crippen LogP contribution in [0.3, 0.4) is 0 Å². The smallest absolute Gasteiger partial charge is 0.253 e. The fourth-order valence-electron chi connectivity index (χ4n) is 2.70. The predicted molar refractivity (Wildman–Crippen MR) is 96.3 cm³/mol. The summed E-state index contributed by atoms with van der Waals surface area (Å²) in [5.74, 6) is 1.67. The molecule has 0 saturated heterocycles. The molecule has 134 valence electrons. The van der Waals surface area contributed by atoms with Crippen LogP contribution in [0.1, 0.15) is 27.8 Å². The predicted octanol–water partition coefficient (Wildman–Crippen LogP) is 2.35. The topological polar surface area (TPSA) is 78.3 Å². The van der Waals surface area contributed by atoms with Crippen LogP contribution in [-0.2, 0) is 7.05 Å². The molecule has 3 aromatic rings. The highest BCUT2D eigenvalue weighted by atomic mass is 16.5. The van der Waals surface area contributed by atoms with Crippen molar-refractivity contribution >= 4 is 5.91 Å². The second kappa shape index (κ2) is 7.69. The Kier molecular flexibility index (Phi) is 5.17. The van der Waals surface area contributed by atoms with Gasteiger partial charge in [-0.25, -0.2) is 4.98 Å². The normalized spacial score (nSPS) is 11.7. The molecule has 0 bridgehead atoms. The minimum Gasteiger partial charge on any atom is -0.493 e. The molecule has 0 fully saturated rings. The highest BCUT2D eigenvalue weighted by molar-refractivity contribution is 5.94. The van der Waals surface area contributed by atoms with E-state index in [2.05, 4.69) is 15.3 Å². The SMILES string of the molecule is COc1ccc(C(NC(=O)c2cccnc2)c2nccn2C)cc1OC. The molecule has 0 saturated carbocycles.